The van der Waals surface area contributed by atoms with Gasteiger partial charge in [-0.25, -0.2) is 13.9 Å². The molecule has 1 aromatic carbocycles. The molecule has 2 rings (SSSR count). The molecule has 0 spiro atoms. The number of sulfone groups is 1. The van der Waals surface area contributed by atoms with Crippen molar-refractivity contribution < 1.29 is 28.3 Å². The van der Waals surface area contributed by atoms with Crippen molar-refractivity contribution >= 4 is 15.7 Å². The summed E-state index contributed by atoms with van der Waals surface area (Å²) in [4.78, 5) is 24.4. The molecule has 3 N–H and O–H groups in total. The number of methoxy groups -OCH3 is 1. The van der Waals surface area contributed by atoms with Gasteiger partial charge in [0, 0.05) is 38.6 Å². The number of aliphatic hydroxyl groups excluding tert-OH is 1. The van der Waals surface area contributed by atoms with E-state index in [2.05, 4.69) is 0 Å². The van der Waals surface area contributed by atoms with Crippen LogP contribution in [0.2, 0.25) is 0 Å². The lowest BCUT2D eigenvalue weighted by Crippen LogP contribution is -2.49. The van der Waals surface area contributed by atoms with Crippen LogP contribution in [0.5, 0.6) is 0 Å². The van der Waals surface area contributed by atoms with E-state index in [0.29, 0.717) is 12.0 Å². The Bertz CT molecular complexity index is 1060. The van der Waals surface area contributed by atoms with Gasteiger partial charge in [0.2, 0.25) is 0 Å². The molecule has 0 radical (unpaired) electrons. The molecule has 1 aromatic heterocycles. The molecule has 2 aromatic rings. The fourth-order valence-corrected chi connectivity index (χ4v) is 3.95. The van der Waals surface area contributed by atoms with Crippen molar-refractivity contribution in [1.82, 2.24) is 10.0 Å². The minimum Gasteiger partial charge on any atom is -0.394 e. The van der Waals surface area contributed by atoms with Crippen molar-refractivity contribution in [2.75, 3.05) is 20.0 Å². The van der Waals surface area contributed by atoms with Crippen molar-refractivity contribution in [2.45, 2.75) is 37.2 Å². The van der Waals surface area contributed by atoms with Gasteiger partial charge in [-0.05, 0) is 36.1 Å². The van der Waals surface area contributed by atoms with Crippen molar-refractivity contribution in [3.8, 4) is 11.1 Å². The average Bonchev–Trinajstić information content (AvgIpc) is 2.75. The maximum atomic E-state index is 12.5. The summed E-state index contributed by atoms with van der Waals surface area (Å²) in [5, 5.41) is 18.1. The van der Waals surface area contributed by atoms with Crippen LogP contribution in [-0.4, -0.2) is 60.0 Å². The maximum Gasteiger partial charge on any atom is 0.264 e. The molecule has 0 fully saturated rings. The third-order valence-electron chi connectivity index (χ3n) is 5.51. The summed E-state index contributed by atoms with van der Waals surface area (Å²) in [7, 11) is -2.30. The second-order valence-corrected chi connectivity index (χ2v) is 10.0. The standard InChI is InChI=1S/C21H28N2O7S/c1-21(20(26)22-27,31(3,28)29)9-11-23-10-8-17(13-19(23)25)16-6-4-15(5-7-16)12-18(14-24)30-2/h4-8,10,13,18,24,27H,9,11-12,14H2,1-3H3,(H,22,26). The molecule has 9 nitrogen and oxygen atoms in total. The zero-order valence-electron chi connectivity index (χ0n) is 17.7. The van der Waals surface area contributed by atoms with E-state index in [9.17, 15) is 23.1 Å². The molecule has 170 valence electrons. The highest BCUT2D eigenvalue weighted by Crippen LogP contribution is 2.23. The quantitative estimate of drug-likeness (QED) is 0.358. The lowest BCUT2D eigenvalue weighted by atomic mass is 10.0. The molecule has 1 amide bonds. The first-order chi connectivity index (χ1) is 14.6. The molecule has 2 atom stereocenters. The van der Waals surface area contributed by atoms with Crippen LogP contribution < -0.4 is 11.0 Å². The van der Waals surface area contributed by atoms with Gasteiger partial charge >= 0.3 is 0 Å². The number of aryl methyl sites for hydroxylation is 1. The normalized spacial score (nSPS) is 14.6. The highest BCUT2D eigenvalue weighted by atomic mass is 32.2. The Labute approximate surface area is 181 Å². The van der Waals surface area contributed by atoms with Crippen LogP contribution in [0.3, 0.4) is 0 Å². The number of rotatable bonds is 10. The number of ether oxygens (including phenoxy) is 1. The van der Waals surface area contributed by atoms with Gasteiger partial charge < -0.3 is 14.4 Å². The minimum atomic E-state index is -3.84. The van der Waals surface area contributed by atoms with E-state index in [1.807, 2.05) is 24.3 Å². The number of carbonyl (C=O) groups excluding carboxylic acids is 1. The number of hydrogen-bond acceptors (Lipinski definition) is 7. The molecule has 10 heteroatoms. The summed E-state index contributed by atoms with van der Waals surface area (Å²) in [5.41, 5.74) is 3.55. The Balaban J connectivity index is 2.18. The van der Waals surface area contributed by atoms with E-state index < -0.39 is 20.5 Å². The summed E-state index contributed by atoms with van der Waals surface area (Å²) in [6.45, 7) is 1.11. The summed E-state index contributed by atoms with van der Waals surface area (Å²) in [5.74, 6) is -1.04. The van der Waals surface area contributed by atoms with Crippen LogP contribution in [0.1, 0.15) is 18.9 Å². The predicted octanol–water partition coefficient (Wildman–Crippen LogP) is 0.764. The first-order valence-corrected chi connectivity index (χ1v) is 11.5. The number of hydroxylamine groups is 1. The predicted molar refractivity (Wildman–Crippen MR) is 116 cm³/mol. The lowest BCUT2D eigenvalue weighted by Gasteiger charge is -2.25. The molecule has 0 saturated heterocycles. The van der Waals surface area contributed by atoms with Crippen molar-refractivity contribution in [3.05, 3.63) is 58.5 Å². The Kier molecular flexibility index (Phi) is 8.13. The molecule has 0 bridgehead atoms. The Morgan fingerprint density at radius 1 is 1.23 bits per heavy atom. The van der Waals surface area contributed by atoms with Crippen LogP contribution in [0, 0.1) is 0 Å². The first kappa shape index (κ1) is 24.7. The smallest absolute Gasteiger partial charge is 0.264 e. The summed E-state index contributed by atoms with van der Waals surface area (Å²) < 4.78 is 28.7. The van der Waals surface area contributed by atoms with Crippen LogP contribution >= 0.6 is 0 Å². The largest absolute Gasteiger partial charge is 0.394 e. The molecule has 0 aliphatic rings. The van der Waals surface area contributed by atoms with Gasteiger partial charge in [0.05, 0.1) is 12.7 Å². The van der Waals surface area contributed by atoms with Crippen molar-refractivity contribution in [1.29, 1.82) is 0 Å². The van der Waals surface area contributed by atoms with E-state index in [-0.39, 0.29) is 31.2 Å². The van der Waals surface area contributed by atoms with Gasteiger partial charge in [-0.3, -0.25) is 14.8 Å². The number of pyridine rings is 1. The van der Waals surface area contributed by atoms with E-state index in [4.69, 9.17) is 9.94 Å². The Morgan fingerprint density at radius 2 is 1.87 bits per heavy atom. The fraction of sp³-hybridized carbons (Fsp3) is 0.429. The summed E-state index contributed by atoms with van der Waals surface area (Å²) >= 11 is 0. The average molecular weight is 453 g/mol. The van der Waals surface area contributed by atoms with Crippen LogP contribution in [0.15, 0.2) is 47.4 Å². The van der Waals surface area contributed by atoms with E-state index in [0.717, 1.165) is 17.4 Å². The molecule has 1 heterocycles. The van der Waals surface area contributed by atoms with Gasteiger partial charge in [0.1, 0.15) is 0 Å². The van der Waals surface area contributed by atoms with Crippen LogP contribution in [0.25, 0.3) is 11.1 Å². The highest BCUT2D eigenvalue weighted by Gasteiger charge is 2.43. The Hall–Kier alpha value is -2.53. The zero-order valence-corrected chi connectivity index (χ0v) is 18.6. The van der Waals surface area contributed by atoms with Gasteiger partial charge in [-0.15, -0.1) is 0 Å². The topological polar surface area (TPSA) is 135 Å². The number of hydrogen-bond donors (Lipinski definition) is 3. The van der Waals surface area contributed by atoms with E-state index in [1.54, 1.807) is 13.2 Å². The van der Waals surface area contributed by atoms with Crippen LogP contribution in [-0.2, 0) is 32.3 Å². The molecule has 0 aliphatic heterocycles. The lowest BCUT2D eigenvalue weighted by molar-refractivity contribution is -0.131. The van der Waals surface area contributed by atoms with Crippen LogP contribution in [0.4, 0.5) is 0 Å². The number of nitrogens with zero attached hydrogens (tertiary/aromatic N) is 1. The van der Waals surface area contributed by atoms with E-state index in [1.165, 1.54) is 29.2 Å². The monoisotopic (exact) mass is 452 g/mol. The number of aliphatic hydroxyl groups is 1. The molecule has 0 aliphatic carbocycles. The third kappa shape index (κ3) is 5.79. The number of nitrogens with one attached hydrogen (secondary N) is 1. The Morgan fingerprint density at radius 3 is 2.35 bits per heavy atom. The first-order valence-electron chi connectivity index (χ1n) is 9.63. The number of benzene rings is 1. The number of aromatic nitrogens is 1. The number of carbonyl (C=O) groups is 1. The number of amides is 1. The zero-order chi connectivity index (χ0) is 23.2. The third-order valence-corrected chi connectivity index (χ3v) is 7.54. The second kappa shape index (κ2) is 10.2. The SMILES string of the molecule is COC(CO)Cc1ccc(-c2ccn(CCC(C)(C(=O)NO)S(C)(=O)=O)c(=O)c2)cc1. The maximum absolute atomic E-state index is 12.5. The van der Waals surface area contributed by atoms with Gasteiger partial charge in [-0.1, -0.05) is 24.3 Å². The summed E-state index contributed by atoms with van der Waals surface area (Å²) in [6, 6.07) is 10.7. The molecule has 31 heavy (non-hydrogen) atoms. The van der Waals surface area contributed by atoms with Crippen molar-refractivity contribution in [3.63, 3.8) is 0 Å². The molecular formula is C21H28N2O7S. The van der Waals surface area contributed by atoms with Gasteiger partial charge in [-0.2, -0.15) is 0 Å². The van der Waals surface area contributed by atoms with E-state index >= 15 is 0 Å². The minimum absolute atomic E-state index is 0.0192. The summed E-state index contributed by atoms with van der Waals surface area (Å²) in [6.07, 6.45) is 2.55. The fourth-order valence-electron chi connectivity index (χ4n) is 3.11. The molecule has 0 saturated carbocycles. The van der Waals surface area contributed by atoms with Gasteiger partial charge in [0.25, 0.3) is 11.5 Å². The van der Waals surface area contributed by atoms with Crippen molar-refractivity contribution in [2.24, 2.45) is 0 Å². The highest BCUT2D eigenvalue weighted by molar-refractivity contribution is 7.92. The molecule has 2 unspecified atom stereocenters. The molecular weight excluding hydrogens is 424 g/mol. The second-order valence-electron chi connectivity index (χ2n) is 7.58. The van der Waals surface area contributed by atoms with Gasteiger partial charge in [0.15, 0.2) is 14.6 Å².